The second kappa shape index (κ2) is 7.97. The van der Waals surface area contributed by atoms with E-state index in [1.165, 1.54) is 6.08 Å². The van der Waals surface area contributed by atoms with Crippen molar-refractivity contribution in [3.63, 3.8) is 0 Å². The molecule has 0 aliphatic heterocycles. The first-order valence-corrected chi connectivity index (χ1v) is 6.09. The molecule has 1 amide bonds. The molecular weight excluding hydrogens is 242 g/mol. The highest BCUT2D eigenvalue weighted by molar-refractivity contribution is 5.91. The fraction of sp³-hybridized carbons (Fsp3) is 0.267. The summed E-state index contributed by atoms with van der Waals surface area (Å²) in [5, 5.41) is 2.67. The Morgan fingerprint density at radius 3 is 2.84 bits per heavy atom. The minimum atomic E-state index is -0.159. The average Bonchev–Trinajstić information content (AvgIpc) is 2.43. The second-order valence-corrected chi connectivity index (χ2v) is 3.71. The number of carbonyl (C=O) groups is 1. The van der Waals surface area contributed by atoms with Gasteiger partial charge in [0.25, 0.3) is 0 Å². The van der Waals surface area contributed by atoms with Crippen molar-refractivity contribution >= 4 is 12.0 Å². The second-order valence-electron chi connectivity index (χ2n) is 3.71. The molecule has 0 aromatic heterocycles. The lowest BCUT2D eigenvalue weighted by Crippen LogP contribution is -2.20. The lowest BCUT2D eigenvalue weighted by Gasteiger charge is -2.09. The Morgan fingerprint density at radius 2 is 2.21 bits per heavy atom. The summed E-state index contributed by atoms with van der Waals surface area (Å²) in [6, 6.07) is 5.50. The number of benzene rings is 1. The summed E-state index contributed by atoms with van der Waals surface area (Å²) in [4.78, 5) is 11.4. The molecule has 0 heterocycles. The van der Waals surface area contributed by atoms with Gasteiger partial charge in [0.1, 0.15) is 0 Å². The van der Waals surface area contributed by atoms with E-state index < -0.39 is 0 Å². The number of hydrogen-bond donors (Lipinski definition) is 1. The van der Waals surface area contributed by atoms with Crippen LogP contribution in [0.5, 0.6) is 11.5 Å². The maximum absolute atomic E-state index is 11.4. The fourth-order valence-electron chi connectivity index (χ4n) is 1.47. The molecule has 1 aromatic carbocycles. The number of ether oxygens (including phenoxy) is 2. The van der Waals surface area contributed by atoms with Gasteiger partial charge in [-0.25, -0.2) is 0 Å². The van der Waals surface area contributed by atoms with Crippen LogP contribution in [0.25, 0.3) is 6.08 Å². The third-order valence-electron chi connectivity index (χ3n) is 2.34. The Bertz CT molecular complexity index is 466. The number of carbonyl (C=O) groups excluding carboxylic acids is 1. The topological polar surface area (TPSA) is 47.6 Å². The summed E-state index contributed by atoms with van der Waals surface area (Å²) < 4.78 is 10.7. The lowest BCUT2D eigenvalue weighted by molar-refractivity contribution is -0.116. The standard InChI is InChI=1S/C15H19NO3/c1-4-10-16-15(17)9-7-12-6-8-13(18-3)14(11-12)19-5-2/h4,6-9,11H,1,5,10H2,2-3H3,(H,16,17). The van der Waals surface area contributed by atoms with Gasteiger partial charge in [-0.05, 0) is 30.7 Å². The smallest absolute Gasteiger partial charge is 0.244 e. The Labute approximate surface area is 113 Å². The predicted molar refractivity (Wildman–Crippen MR) is 76.4 cm³/mol. The first-order valence-electron chi connectivity index (χ1n) is 6.09. The van der Waals surface area contributed by atoms with E-state index in [2.05, 4.69) is 11.9 Å². The molecule has 1 rings (SSSR count). The van der Waals surface area contributed by atoms with Crippen LogP contribution in [0.2, 0.25) is 0 Å². The first kappa shape index (κ1) is 14.8. The molecule has 0 atom stereocenters. The molecule has 0 aliphatic carbocycles. The first-order chi connectivity index (χ1) is 9.21. The highest BCUT2D eigenvalue weighted by Gasteiger charge is 2.03. The normalized spacial score (nSPS) is 10.2. The summed E-state index contributed by atoms with van der Waals surface area (Å²) in [6.07, 6.45) is 4.83. The summed E-state index contributed by atoms with van der Waals surface area (Å²) >= 11 is 0. The van der Waals surface area contributed by atoms with E-state index in [-0.39, 0.29) is 5.91 Å². The molecule has 4 nitrogen and oxygen atoms in total. The molecule has 102 valence electrons. The van der Waals surface area contributed by atoms with Crippen molar-refractivity contribution in [2.24, 2.45) is 0 Å². The largest absolute Gasteiger partial charge is 0.493 e. The maximum Gasteiger partial charge on any atom is 0.244 e. The van der Waals surface area contributed by atoms with Crippen LogP contribution in [-0.4, -0.2) is 26.2 Å². The molecule has 19 heavy (non-hydrogen) atoms. The van der Waals surface area contributed by atoms with Gasteiger partial charge in [0.2, 0.25) is 5.91 Å². The summed E-state index contributed by atoms with van der Waals surface area (Å²) in [5.74, 6) is 1.18. The highest BCUT2D eigenvalue weighted by Crippen LogP contribution is 2.28. The molecule has 0 radical (unpaired) electrons. The van der Waals surface area contributed by atoms with Crippen molar-refractivity contribution in [3.05, 3.63) is 42.5 Å². The number of hydrogen-bond acceptors (Lipinski definition) is 3. The third-order valence-corrected chi connectivity index (χ3v) is 2.34. The van der Waals surface area contributed by atoms with E-state index in [0.717, 1.165) is 5.56 Å². The van der Waals surface area contributed by atoms with E-state index in [9.17, 15) is 4.79 Å². The molecule has 0 saturated carbocycles. The lowest BCUT2D eigenvalue weighted by atomic mass is 10.2. The van der Waals surface area contributed by atoms with Crippen molar-refractivity contribution in [1.82, 2.24) is 5.32 Å². The van der Waals surface area contributed by atoms with E-state index in [4.69, 9.17) is 9.47 Å². The van der Waals surface area contributed by atoms with Crippen LogP contribution in [0.3, 0.4) is 0 Å². The van der Waals surface area contributed by atoms with Crippen LogP contribution < -0.4 is 14.8 Å². The van der Waals surface area contributed by atoms with Crippen LogP contribution in [0.4, 0.5) is 0 Å². The van der Waals surface area contributed by atoms with Crippen molar-refractivity contribution < 1.29 is 14.3 Å². The van der Waals surface area contributed by atoms with E-state index >= 15 is 0 Å². The molecule has 1 aromatic rings. The molecule has 0 aliphatic rings. The number of methoxy groups -OCH3 is 1. The molecule has 0 bridgehead atoms. The number of nitrogens with one attached hydrogen (secondary N) is 1. The quantitative estimate of drug-likeness (QED) is 0.605. The van der Waals surface area contributed by atoms with Gasteiger partial charge in [0.05, 0.1) is 13.7 Å². The van der Waals surface area contributed by atoms with Gasteiger partial charge in [-0.2, -0.15) is 0 Å². The molecule has 0 saturated heterocycles. The van der Waals surface area contributed by atoms with Gasteiger partial charge in [0, 0.05) is 12.6 Å². The summed E-state index contributed by atoms with van der Waals surface area (Å²) in [6.45, 7) is 6.45. The molecule has 0 fully saturated rings. The van der Waals surface area contributed by atoms with Crippen LogP contribution in [0.15, 0.2) is 36.9 Å². The third kappa shape index (κ3) is 4.87. The fourth-order valence-corrected chi connectivity index (χ4v) is 1.47. The predicted octanol–water partition coefficient (Wildman–Crippen LogP) is 2.41. The van der Waals surface area contributed by atoms with Crippen LogP contribution >= 0.6 is 0 Å². The SMILES string of the molecule is C=CCNC(=O)C=Cc1ccc(OC)c(OCC)c1. The number of rotatable bonds is 7. The summed E-state index contributed by atoms with van der Waals surface area (Å²) in [5.41, 5.74) is 0.873. The van der Waals surface area contributed by atoms with Crippen molar-refractivity contribution in [2.75, 3.05) is 20.3 Å². The van der Waals surface area contributed by atoms with E-state index in [1.807, 2.05) is 25.1 Å². The summed E-state index contributed by atoms with van der Waals surface area (Å²) in [7, 11) is 1.59. The molecule has 0 spiro atoms. The van der Waals surface area contributed by atoms with Crippen LogP contribution in [-0.2, 0) is 4.79 Å². The Kier molecular flexibility index (Phi) is 6.22. The zero-order chi connectivity index (χ0) is 14.1. The molecule has 0 unspecified atom stereocenters. The van der Waals surface area contributed by atoms with Gasteiger partial charge >= 0.3 is 0 Å². The van der Waals surface area contributed by atoms with Crippen LogP contribution in [0.1, 0.15) is 12.5 Å². The minimum Gasteiger partial charge on any atom is -0.493 e. The van der Waals surface area contributed by atoms with Gasteiger partial charge in [0.15, 0.2) is 11.5 Å². The highest BCUT2D eigenvalue weighted by atomic mass is 16.5. The molecule has 4 heteroatoms. The zero-order valence-corrected chi connectivity index (χ0v) is 11.3. The Morgan fingerprint density at radius 1 is 1.42 bits per heavy atom. The Hall–Kier alpha value is -2.23. The van der Waals surface area contributed by atoms with Gasteiger partial charge < -0.3 is 14.8 Å². The van der Waals surface area contributed by atoms with E-state index in [0.29, 0.717) is 24.7 Å². The molecule has 1 N–H and O–H groups in total. The minimum absolute atomic E-state index is 0.159. The van der Waals surface area contributed by atoms with Gasteiger partial charge in [-0.1, -0.05) is 12.1 Å². The van der Waals surface area contributed by atoms with E-state index in [1.54, 1.807) is 19.3 Å². The van der Waals surface area contributed by atoms with Crippen molar-refractivity contribution in [1.29, 1.82) is 0 Å². The van der Waals surface area contributed by atoms with Gasteiger partial charge in [-0.3, -0.25) is 4.79 Å². The monoisotopic (exact) mass is 261 g/mol. The van der Waals surface area contributed by atoms with Crippen LogP contribution in [0, 0.1) is 0 Å². The van der Waals surface area contributed by atoms with Gasteiger partial charge in [-0.15, -0.1) is 6.58 Å². The van der Waals surface area contributed by atoms with Crippen molar-refractivity contribution in [3.8, 4) is 11.5 Å². The maximum atomic E-state index is 11.4. The zero-order valence-electron chi connectivity index (χ0n) is 11.3. The molecular formula is C15H19NO3. The van der Waals surface area contributed by atoms with Crippen molar-refractivity contribution in [2.45, 2.75) is 6.92 Å². The Balaban J connectivity index is 2.78. The average molecular weight is 261 g/mol. The number of amides is 1.